The van der Waals surface area contributed by atoms with Crippen LogP contribution in [-0.2, 0) is 15.8 Å². The molecule has 0 unspecified atom stereocenters. The van der Waals surface area contributed by atoms with Crippen molar-refractivity contribution >= 4 is 10.0 Å². The Bertz CT molecular complexity index is 500. The summed E-state index contributed by atoms with van der Waals surface area (Å²) in [5.74, 6) is 2.60. The van der Waals surface area contributed by atoms with Crippen molar-refractivity contribution in [2.45, 2.75) is 5.75 Å². The van der Waals surface area contributed by atoms with Crippen LogP contribution < -0.4 is 9.88 Å². The number of nitrogens with two attached hydrogens (primary N) is 1. The monoisotopic (exact) mass is 225 g/mol. The van der Waals surface area contributed by atoms with Crippen LogP contribution in [0.3, 0.4) is 0 Å². The summed E-state index contributed by atoms with van der Waals surface area (Å²) in [7, 11) is -2.11. The van der Waals surface area contributed by atoms with Gasteiger partial charge in [-0.1, -0.05) is 12.0 Å². The molecule has 0 radical (unpaired) electrons. The van der Waals surface area contributed by atoms with Crippen LogP contribution in [0.25, 0.3) is 0 Å². The molecule has 0 saturated heterocycles. The summed E-state index contributed by atoms with van der Waals surface area (Å²) in [6.45, 7) is 0. The summed E-state index contributed by atoms with van der Waals surface area (Å²) < 4.78 is 26.8. The van der Waals surface area contributed by atoms with E-state index in [2.05, 4.69) is 5.92 Å². The van der Waals surface area contributed by atoms with E-state index in [1.807, 2.05) is 0 Å². The van der Waals surface area contributed by atoms with E-state index in [4.69, 9.17) is 16.3 Å². The highest BCUT2D eigenvalue weighted by molar-refractivity contribution is 7.88. The van der Waals surface area contributed by atoms with Gasteiger partial charge >= 0.3 is 0 Å². The minimum absolute atomic E-state index is 0.263. The lowest BCUT2D eigenvalue weighted by Crippen LogP contribution is -2.15. The zero-order valence-corrected chi connectivity index (χ0v) is 9.04. The van der Waals surface area contributed by atoms with Crippen LogP contribution in [0.2, 0.25) is 0 Å². The normalized spacial score (nSPS) is 10.7. The molecule has 0 aliphatic rings. The fourth-order valence-corrected chi connectivity index (χ4v) is 1.84. The molecule has 0 aliphatic heterocycles. The van der Waals surface area contributed by atoms with Gasteiger partial charge in [0.2, 0.25) is 10.0 Å². The van der Waals surface area contributed by atoms with Gasteiger partial charge in [0, 0.05) is 11.1 Å². The van der Waals surface area contributed by atoms with Crippen molar-refractivity contribution in [3.8, 4) is 18.1 Å². The number of hydrogen-bond donors (Lipinski definition) is 1. The maximum Gasteiger partial charge on any atom is 0.213 e. The Labute approximate surface area is 89.1 Å². The van der Waals surface area contributed by atoms with Gasteiger partial charge in [-0.15, -0.1) is 6.42 Å². The molecule has 15 heavy (non-hydrogen) atoms. The van der Waals surface area contributed by atoms with Crippen molar-refractivity contribution in [2.75, 3.05) is 7.11 Å². The number of methoxy groups -OCH3 is 1. The molecule has 2 N–H and O–H groups in total. The van der Waals surface area contributed by atoms with Crippen LogP contribution in [0.1, 0.15) is 11.1 Å². The van der Waals surface area contributed by atoms with E-state index < -0.39 is 10.0 Å². The standard InChI is InChI=1S/C10H11NO3S/c1-3-8-4-5-9(7-15(11,12)13)10(6-8)14-2/h1,4-6H,7H2,2H3,(H2,11,12,13). The third-order valence-electron chi connectivity index (χ3n) is 1.81. The third kappa shape index (κ3) is 3.27. The predicted molar refractivity (Wildman–Crippen MR) is 57.7 cm³/mol. The molecule has 1 aromatic rings. The SMILES string of the molecule is C#Cc1ccc(CS(N)(=O)=O)c(OC)c1. The molecule has 0 bridgehead atoms. The Morgan fingerprint density at radius 3 is 2.67 bits per heavy atom. The van der Waals surface area contributed by atoms with Gasteiger partial charge in [0.1, 0.15) is 5.75 Å². The number of benzene rings is 1. The summed E-state index contributed by atoms with van der Waals surface area (Å²) in [4.78, 5) is 0. The number of ether oxygens (including phenoxy) is 1. The molecule has 0 amide bonds. The molecule has 0 fully saturated rings. The van der Waals surface area contributed by atoms with Crippen molar-refractivity contribution in [1.82, 2.24) is 0 Å². The molecule has 0 saturated carbocycles. The minimum Gasteiger partial charge on any atom is -0.496 e. The summed E-state index contributed by atoms with van der Waals surface area (Å²) in [6, 6.07) is 4.84. The molecule has 0 atom stereocenters. The second kappa shape index (κ2) is 4.34. The molecule has 5 heteroatoms. The highest BCUT2D eigenvalue weighted by Crippen LogP contribution is 2.21. The molecule has 1 rings (SSSR count). The van der Waals surface area contributed by atoms with Gasteiger partial charge in [-0.3, -0.25) is 0 Å². The first-order valence-electron chi connectivity index (χ1n) is 4.10. The smallest absolute Gasteiger partial charge is 0.213 e. The molecule has 1 aromatic carbocycles. The van der Waals surface area contributed by atoms with Crippen LogP contribution in [0, 0.1) is 12.3 Å². The van der Waals surface area contributed by atoms with E-state index in [-0.39, 0.29) is 5.75 Å². The lowest BCUT2D eigenvalue weighted by Gasteiger charge is -2.07. The first-order chi connectivity index (χ1) is 6.96. The summed E-state index contributed by atoms with van der Waals surface area (Å²) >= 11 is 0. The van der Waals surface area contributed by atoms with Gasteiger partial charge in [0.05, 0.1) is 12.9 Å². The summed E-state index contributed by atoms with van der Waals surface area (Å²) in [5.41, 5.74) is 1.13. The largest absolute Gasteiger partial charge is 0.496 e. The van der Waals surface area contributed by atoms with E-state index in [9.17, 15) is 8.42 Å². The van der Waals surface area contributed by atoms with E-state index in [1.54, 1.807) is 18.2 Å². The number of rotatable bonds is 3. The minimum atomic E-state index is -3.56. The number of primary sulfonamides is 1. The molecule has 0 spiro atoms. The van der Waals surface area contributed by atoms with Gasteiger partial charge in [0.15, 0.2) is 0 Å². The Morgan fingerprint density at radius 2 is 2.20 bits per heavy atom. The van der Waals surface area contributed by atoms with Gasteiger partial charge in [-0.2, -0.15) is 0 Å². The highest BCUT2D eigenvalue weighted by Gasteiger charge is 2.10. The van der Waals surface area contributed by atoms with Crippen molar-refractivity contribution in [3.63, 3.8) is 0 Å². The number of terminal acetylenes is 1. The van der Waals surface area contributed by atoms with Crippen molar-refractivity contribution in [3.05, 3.63) is 29.3 Å². The van der Waals surface area contributed by atoms with Crippen LogP contribution in [0.5, 0.6) is 5.75 Å². The Balaban J connectivity index is 3.15. The van der Waals surface area contributed by atoms with E-state index in [0.717, 1.165) is 0 Å². The molecular weight excluding hydrogens is 214 g/mol. The van der Waals surface area contributed by atoms with E-state index in [0.29, 0.717) is 16.9 Å². The van der Waals surface area contributed by atoms with Gasteiger partial charge < -0.3 is 4.74 Å². The van der Waals surface area contributed by atoms with Gasteiger partial charge in [0.25, 0.3) is 0 Å². The predicted octanol–water partition coefficient (Wildman–Crippen LogP) is 0.465. The van der Waals surface area contributed by atoms with Crippen molar-refractivity contribution < 1.29 is 13.2 Å². The number of hydrogen-bond acceptors (Lipinski definition) is 3. The zero-order chi connectivity index (χ0) is 11.5. The topological polar surface area (TPSA) is 69.4 Å². The molecule has 80 valence electrons. The molecule has 0 aliphatic carbocycles. The summed E-state index contributed by atoms with van der Waals surface area (Å²) in [5, 5.41) is 4.94. The molecule has 0 aromatic heterocycles. The fraction of sp³-hybridized carbons (Fsp3) is 0.200. The van der Waals surface area contributed by atoms with Crippen LogP contribution in [0.4, 0.5) is 0 Å². The molecular formula is C10H11NO3S. The van der Waals surface area contributed by atoms with E-state index >= 15 is 0 Å². The Morgan fingerprint density at radius 1 is 1.53 bits per heavy atom. The lowest BCUT2D eigenvalue weighted by atomic mass is 10.1. The quantitative estimate of drug-likeness (QED) is 0.760. The first kappa shape index (κ1) is 11.6. The van der Waals surface area contributed by atoms with Crippen LogP contribution in [0.15, 0.2) is 18.2 Å². The second-order valence-electron chi connectivity index (χ2n) is 2.98. The van der Waals surface area contributed by atoms with Crippen molar-refractivity contribution in [1.29, 1.82) is 0 Å². The molecule has 4 nitrogen and oxygen atoms in total. The van der Waals surface area contributed by atoms with Gasteiger partial charge in [-0.25, -0.2) is 13.6 Å². The fourth-order valence-electron chi connectivity index (χ4n) is 1.17. The summed E-state index contributed by atoms with van der Waals surface area (Å²) in [6.07, 6.45) is 5.20. The maximum atomic E-state index is 10.9. The average Bonchev–Trinajstić information content (AvgIpc) is 2.16. The Hall–Kier alpha value is -1.51. The highest BCUT2D eigenvalue weighted by atomic mass is 32.2. The second-order valence-corrected chi connectivity index (χ2v) is 4.59. The number of sulfonamides is 1. The van der Waals surface area contributed by atoms with Crippen molar-refractivity contribution in [2.24, 2.45) is 5.14 Å². The van der Waals surface area contributed by atoms with Gasteiger partial charge in [-0.05, 0) is 12.1 Å². The van der Waals surface area contributed by atoms with Crippen LogP contribution >= 0.6 is 0 Å². The molecule has 0 heterocycles. The zero-order valence-electron chi connectivity index (χ0n) is 8.23. The Kier molecular flexibility index (Phi) is 3.35. The first-order valence-corrected chi connectivity index (χ1v) is 5.82. The lowest BCUT2D eigenvalue weighted by molar-refractivity contribution is 0.411. The average molecular weight is 225 g/mol. The third-order valence-corrected chi connectivity index (χ3v) is 2.52. The van der Waals surface area contributed by atoms with Crippen LogP contribution in [-0.4, -0.2) is 15.5 Å². The van der Waals surface area contributed by atoms with E-state index in [1.165, 1.54) is 7.11 Å². The maximum absolute atomic E-state index is 10.9.